The van der Waals surface area contributed by atoms with Crippen molar-refractivity contribution in [3.8, 4) is 5.75 Å². The highest BCUT2D eigenvalue weighted by molar-refractivity contribution is 6.03. The molecule has 2 saturated heterocycles. The lowest BCUT2D eigenvalue weighted by Gasteiger charge is -2.40. The van der Waals surface area contributed by atoms with E-state index in [9.17, 15) is 24.9 Å². The summed E-state index contributed by atoms with van der Waals surface area (Å²) in [6, 6.07) is 3.46. The topological polar surface area (TPSA) is 161 Å². The van der Waals surface area contributed by atoms with Crippen LogP contribution in [0.1, 0.15) is 23.2 Å². The normalized spacial score (nSPS) is 32.3. The number of benzene rings is 1. The lowest BCUT2D eigenvalue weighted by Crippen LogP contribution is -2.64. The lowest BCUT2D eigenvalue weighted by molar-refractivity contribution is -0.253. The zero-order valence-electron chi connectivity index (χ0n) is 16.6. The molecule has 0 saturated carbocycles. The van der Waals surface area contributed by atoms with E-state index in [4.69, 9.17) is 14.6 Å². The maximum absolute atomic E-state index is 12.8. The van der Waals surface area contributed by atoms with Gasteiger partial charge in [0.15, 0.2) is 12.9 Å². The predicted octanol–water partition coefficient (Wildman–Crippen LogP) is -1.70. The highest BCUT2D eigenvalue weighted by Crippen LogP contribution is 2.31. The number of aliphatic hydroxyl groups excluding tert-OH is 4. The first-order valence-electron chi connectivity index (χ1n) is 10.1. The molecule has 5 N–H and O–H groups in total. The lowest BCUT2D eigenvalue weighted by atomic mass is 9.97. The molecule has 0 aromatic heterocycles. The number of amides is 2. The smallest absolute Gasteiger partial charge is 0.258 e. The summed E-state index contributed by atoms with van der Waals surface area (Å²) in [6.07, 6.45) is -2.22. The second kappa shape index (κ2) is 8.89. The van der Waals surface area contributed by atoms with Crippen LogP contribution in [0.2, 0.25) is 0 Å². The predicted molar refractivity (Wildman–Crippen MR) is 106 cm³/mol. The quantitative estimate of drug-likeness (QED) is 0.366. The number of nitrogens with zero attached hydrogens (tertiary/aromatic N) is 2. The Bertz CT molecular complexity index is 878. The fourth-order valence-electron chi connectivity index (χ4n) is 4.04. The van der Waals surface area contributed by atoms with Crippen molar-refractivity contribution in [2.75, 3.05) is 19.8 Å². The van der Waals surface area contributed by atoms with Gasteiger partial charge in [0, 0.05) is 12.8 Å². The van der Waals surface area contributed by atoms with E-state index in [0.717, 1.165) is 12.8 Å². The average molecular weight is 435 g/mol. The van der Waals surface area contributed by atoms with Gasteiger partial charge in [0.1, 0.15) is 30.1 Å². The Balaban J connectivity index is 1.38. The average Bonchev–Trinajstić information content (AvgIpc) is 3.20. The van der Waals surface area contributed by atoms with E-state index in [1.165, 1.54) is 6.07 Å². The monoisotopic (exact) mass is 435 g/mol. The minimum absolute atomic E-state index is 0.00797. The first-order chi connectivity index (χ1) is 14.9. The van der Waals surface area contributed by atoms with Crippen LogP contribution in [0.25, 0.3) is 0 Å². The van der Waals surface area contributed by atoms with Crippen molar-refractivity contribution in [1.82, 2.24) is 10.2 Å². The number of carbonyl (C=O) groups is 2. The van der Waals surface area contributed by atoms with E-state index in [0.29, 0.717) is 17.8 Å². The van der Waals surface area contributed by atoms with Gasteiger partial charge in [-0.3, -0.25) is 14.6 Å². The van der Waals surface area contributed by atoms with Crippen LogP contribution >= 0.6 is 0 Å². The Hall–Kier alpha value is -2.57. The van der Waals surface area contributed by atoms with Crippen LogP contribution in [0.15, 0.2) is 23.2 Å². The third-order valence-corrected chi connectivity index (χ3v) is 5.74. The van der Waals surface area contributed by atoms with E-state index >= 15 is 0 Å². The van der Waals surface area contributed by atoms with E-state index < -0.39 is 49.8 Å². The van der Waals surface area contributed by atoms with Crippen LogP contribution in [-0.4, -0.2) is 99.8 Å². The van der Waals surface area contributed by atoms with Gasteiger partial charge in [0.2, 0.25) is 0 Å². The van der Waals surface area contributed by atoms with E-state index in [-0.39, 0.29) is 17.7 Å². The molecule has 3 aliphatic rings. The number of carbonyl (C=O) groups excluding carboxylic acids is 2. The van der Waals surface area contributed by atoms with Gasteiger partial charge in [-0.1, -0.05) is 0 Å². The summed E-state index contributed by atoms with van der Waals surface area (Å²) in [5, 5.41) is 41.4. The fraction of sp³-hybridized carbons (Fsp3) is 0.550. The molecule has 4 rings (SSSR count). The highest BCUT2D eigenvalue weighted by Gasteiger charge is 2.44. The number of ether oxygens (including phenoxy) is 2. The van der Waals surface area contributed by atoms with Gasteiger partial charge in [-0.05, 0) is 31.0 Å². The van der Waals surface area contributed by atoms with Crippen molar-refractivity contribution in [2.45, 2.75) is 49.5 Å². The van der Waals surface area contributed by atoms with Crippen molar-refractivity contribution in [2.24, 2.45) is 4.99 Å². The first-order valence-corrected chi connectivity index (χ1v) is 10.1. The van der Waals surface area contributed by atoms with Gasteiger partial charge in [0.25, 0.3) is 11.8 Å². The maximum atomic E-state index is 12.8. The molecule has 2 amide bonds. The standard InChI is InChI=1S/C20H25N3O8/c24-8-14-17(26)18(27)16(20(29)31-14)22-15(25)9-30-11-3-4-13-12(6-11)19(28)23-5-1-2-10(23)7-21-13/h3-4,6-7,10,14,16-18,20,24,26-27,29H,1-2,5,8-9H2,(H,22,25)/t10-,14+,16?,17+,18+,20?/m0/s1. The first kappa shape index (κ1) is 21.7. The number of hydrogen-bond acceptors (Lipinski definition) is 9. The summed E-state index contributed by atoms with van der Waals surface area (Å²) < 4.78 is 10.5. The van der Waals surface area contributed by atoms with Gasteiger partial charge < -0.3 is 40.1 Å². The molecule has 168 valence electrons. The highest BCUT2D eigenvalue weighted by atomic mass is 16.6. The van der Waals surface area contributed by atoms with Gasteiger partial charge >= 0.3 is 0 Å². The van der Waals surface area contributed by atoms with Gasteiger partial charge in [0.05, 0.1) is 23.9 Å². The molecular formula is C20H25N3O8. The number of nitrogens with one attached hydrogen (secondary N) is 1. The summed E-state index contributed by atoms with van der Waals surface area (Å²) in [7, 11) is 0. The van der Waals surface area contributed by atoms with Crippen LogP contribution < -0.4 is 10.1 Å². The molecule has 0 radical (unpaired) electrons. The number of aliphatic hydroxyl groups is 4. The summed E-state index contributed by atoms with van der Waals surface area (Å²) in [5.41, 5.74) is 0.928. The second-order valence-corrected chi connectivity index (χ2v) is 7.78. The largest absolute Gasteiger partial charge is 0.484 e. The Labute approximate surface area is 177 Å². The van der Waals surface area contributed by atoms with Crippen LogP contribution in [0, 0.1) is 0 Å². The van der Waals surface area contributed by atoms with Crippen molar-refractivity contribution < 1.29 is 39.5 Å². The number of rotatable bonds is 5. The molecular weight excluding hydrogens is 410 g/mol. The molecule has 2 fully saturated rings. The summed E-state index contributed by atoms with van der Waals surface area (Å²) in [5.74, 6) is -0.528. The van der Waals surface area contributed by atoms with Gasteiger partial charge in [-0.25, -0.2) is 0 Å². The minimum atomic E-state index is -1.61. The van der Waals surface area contributed by atoms with Crippen molar-refractivity contribution in [3.63, 3.8) is 0 Å². The molecule has 11 heteroatoms. The molecule has 1 aromatic carbocycles. The summed E-state index contributed by atoms with van der Waals surface area (Å²) in [4.78, 5) is 31.2. The Morgan fingerprint density at radius 1 is 1.29 bits per heavy atom. The molecule has 3 aliphatic heterocycles. The van der Waals surface area contributed by atoms with Gasteiger partial charge in [-0.15, -0.1) is 0 Å². The van der Waals surface area contributed by atoms with Crippen molar-refractivity contribution in [1.29, 1.82) is 0 Å². The Kier molecular flexibility index (Phi) is 6.21. The van der Waals surface area contributed by atoms with E-state index in [1.54, 1.807) is 23.2 Å². The van der Waals surface area contributed by atoms with Crippen LogP contribution in [-0.2, 0) is 9.53 Å². The van der Waals surface area contributed by atoms with E-state index in [2.05, 4.69) is 10.3 Å². The number of aliphatic imine (C=N–C) groups is 1. The molecule has 1 aromatic rings. The fourth-order valence-corrected chi connectivity index (χ4v) is 4.04. The summed E-state index contributed by atoms with van der Waals surface area (Å²) >= 11 is 0. The molecule has 2 unspecified atom stereocenters. The Morgan fingerprint density at radius 2 is 2.10 bits per heavy atom. The Morgan fingerprint density at radius 3 is 2.87 bits per heavy atom. The molecule has 6 atom stereocenters. The van der Waals surface area contributed by atoms with Crippen molar-refractivity contribution >= 4 is 23.7 Å². The zero-order valence-corrected chi connectivity index (χ0v) is 16.6. The van der Waals surface area contributed by atoms with E-state index in [1.807, 2.05) is 0 Å². The molecule has 0 bridgehead atoms. The molecule has 0 aliphatic carbocycles. The third-order valence-electron chi connectivity index (χ3n) is 5.74. The zero-order chi connectivity index (χ0) is 22.1. The molecule has 31 heavy (non-hydrogen) atoms. The van der Waals surface area contributed by atoms with Crippen LogP contribution in [0.5, 0.6) is 5.75 Å². The molecule has 0 spiro atoms. The maximum Gasteiger partial charge on any atom is 0.258 e. The number of hydrogen-bond donors (Lipinski definition) is 5. The van der Waals surface area contributed by atoms with Crippen molar-refractivity contribution in [3.05, 3.63) is 23.8 Å². The molecule has 3 heterocycles. The van der Waals surface area contributed by atoms with Crippen LogP contribution in [0.3, 0.4) is 0 Å². The van der Waals surface area contributed by atoms with Gasteiger partial charge in [-0.2, -0.15) is 0 Å². The SMILES string of the molecule is O=C(COc1ccc2c(c1)C(=O)N1CCC[C@H]1C=N2)NC1C(O)O[C@H](CO)[C@@H](O)[C@@H]1O. The summed E-state index contributed by atoms with van der Waals surface area (Å²) in [6.45, 7) is -0.393. The van der Waals surface area contributed by atoms with Crippen LogP contribution in [0.4, 0.5) is 5.69 Å². The third kappa shape index (κ3) is 4.27. The second-order valence-electron chi connectivity index (χ2n) is 7.78. The molecule has 11 nitrogen and oxygen atoms in total. The minimum Gasteiger partial charge on any atom is -0.484 e. The number of fused-ring (bicyclic) bond motifs is 2.